The van der Waals surface area contributed by atoms with Crippen LogP contribution in [0.1, 0.15) is 21.7 Å². The van der Waals surface area contributed by atoms with E-state index in [1.54, 1.807) is 12.3 Å². The smallest absolute Gasteiger partial charge is 0.174 e. The van der Waals surface area contributed by atoms with Crippen LogP contribution in [0.2, 0.25) is 0 Å². The first-order chi connectivity index (χ1) is 11.6. The molecule has 0 bridgehead atoms. The van der Waals surface area contributed by atoms with Crippen LogP contribution in [0.3, 0.4) is 0 Å². The van der Waals surface area contributed by atoms with Crippen molar-refractivity contribution in [2.45, 2.75) is 18.9 Å². The summed E-state index contributed by atoms with van der Waals surface area (Å²) in [5, 5.41) is 0.824. The second-order valence-corrected chi connectivity index (χ2v) is 6.48. The molecule has 24 heavy (non-hydrogen) atoms. The molecule has 0 spiro atoms. The number of Topliss-reactive ketones (excluding diaryl/α,β-unsaturated/α-hetero) is 1. The first kappa shape index (κ1) is 16.5. The number of carbonyl (C=O) groups excluding carboxylic acids is 1. The quantitative estimate of drug-likeness (QED) is 0.503. The molecule has 0 radical (unpaired) electrons. The van der Waals surface area contributed by atoms with E-state index in [-0.39, 0.29) is 11.6 Å². The third kappa shape index (κ3) is 3.41. The minimum Gasteiger partial charge on any atom is -0.318 e. The lowest BCUT2D eigenvalue weighted by Gasteiger charge is -2.10. The zero-order valence-corrected chi connectivity index (χ0v) is 14.3. The molecule has 3 nitrogen and oxygen atoms in total. The summed E-state index contributed by atoms with van der Waals surface area (Å²) in [6.45, 7) is 3.80. The van der Waals surface area contributed by atoms with Gasteiger partial charge in [0.05, 0.1) is 10.8 Å². The molecule has 3 rings (SSSR count). The molecule has 0 aliphatic carbocycles. The van der Waals surface area contributed by atoms with Crippen molar-refractivity contribution in [3.8, 4) is 5.69 Å². The molecular formula is C19H17FN2OS. The fourth-order valence-corrected chi connectivity index (χ4v) is 3.45. The number of ketones is 1. The topological polar surface area (TPSA) is 34.9 Å². The first-order valence-corrected chi connectivity index (χ1v) is 8.57. The van der Waals surface area contributed by atoms with Crippen molar-refractivity contribution >= 4 is 17.5 Å². The number of hydrogen-bond acceptors (Lipinski definition) is 3. The Balaban J connectivity index is 1.84. The van der Waals surface area contributed by atoms with E-state index in [4.69, 9.17) is 0 Å². The van der Waals surface area contributed by atoms with Crippen LogP contribution >= 0.6 is 11.8 Å². The second kappa shape index (κ2) is 7.01. The Kier molecular flexibility index (Phi) is 4.81. The van der Waals surface area contributed by atoms with Gasteiger partial charge in [-0.3, -0.25) is 4.79 Å². The second-order valence-electron chi connectivity index (χ2n) is 5.48. The summed E-state index contributed by atoms with van der Waals surface area (Å²) in [7, 11) is 0. The van der Waals surface area contributed by atoms with Gasteiger partial charge >= 0.3 is 0 Å². The van der Waals surface area contributed by atoms with E-state index in [0.717, 1.165) is 22.1 Å². The zero-order valence-electron chi connectivity index (χ0n) is 13.5. The third-order valence-corrected chi connectivity index (χ3v) is 4.73. The van der Waals surface area contributed by atoms with Crippen molar-refractivity contribution in [3.05, 3.63) is 77.5 Å². The summed E-state index contributed by atoms with van der Waals surface area (Å²) in [5.41, 5.74) is 3.12. The predicted molar refractivity (Wildman–Crippen MR) is 94.5 cm³/mol. The number of halogens is 1. The Morgan fingerprint density at radius 3 is 2.71 bits per heavy atom. The van der Waals surface area contributed by atoms with Crippen LogP contribution in [0, 0.1) is 19.7 Å². The Morgan fingerprint density at radius 2 is 2.00 bits per heavy atom. The standard InChI is InChI=1S/C19H17FN2OS/c1-13-10-17(18(23)12-24-19-8-3-4-9-21-19)14(2)22(13)16-7-5-6-15(20)11-16/h3-11H,12H2,1-2H3. The number of carbonyl (C=O) groups is 1. The van der Waals surface area contributed by atoms with Gasteiger partial charge in [0.2, 0.25) is 0 Å². The van der Waals surface area contributed by atoms with Gasteiger partial charge in [-0.25, -0.2) is 9.37 Å². The summed E-state index contributed by atoms with van der Waals surface area (Å²) < 4.78 is 15.4. The van der Waals surface area contributed by atoms with Crippen LogP contribution in [-0.4, -0.2) is 21.1 Å². The van der Waals surface area contributed by atoms with Crippen LogP contribution in [0.25, 0.3) is 5.69 Å². The van der Waals surface area contributed by atoms with Gasteiger partial charge < -0.3 is 4.57 Å². The molecule has 0 amide bonds. The van der Waals surface area contributed by atoms with Gasteiger partial charge in [-0.1, -0.05) is 23.9 Å². The van der Waals surface area contributed by atoms with E-state index in [1.807, 2.05) is 48.7 Å². The molecule has 0 aliphatic heterocycles. The fraction of sp³-hybridized carbons (Fsp3) is 0.158. The Morgan fingerprint density at radius 1 is 1.17 bits per heavy atom. The molecule has 1 aromatic carbocycles. The molecule has 0 saturated carbocycles. The highest BCUT2D eigenvalue weighted by Gasteiger charge is 2.17. The number of aromatic nitrogens is 2. The van der Waals surface area contributed by atoms with Crippen molar-refractivity contribution in [2.75, 3.05) is 5.75 Å². The molecular weight excluding hydrogens is 323 g/mol. The summed E-state index contributed by atoms with van der Waals surface area (Å²) in [6.07, 6.45) is 1.71. The molecule has 0 saturated heterocycles. The molecule has 0 atom stereocenters. The number of hydrogen-bond donors (Lipinski definition) is 0. The van der Waals surface area contributed by atoms with Crippen LogP contribution in [0.4, 0.5) is 4.39 Å². The average Bonchev–Trinajstić information content (AvgIpc) is 2.88. The predicted octanol–water partition coefficient (Wildman–Crippen LogP) is 4.60. The maximum absolute atomic E-state index is 13.5. The van der Waals surface area contributed by atoms with E-state index in [1.165, 1.54) is 23.9 Å². The minimum absolute atomic E-state index is 0.0430. The molecule has 0 N–H and O–H groups in total. The summed E-state index contributed by atoms with van der Waals surface area (Å²) in [4.78, 5) is 16.8. The van der Waals surface area contributed by atoms with Gasteiger partial charge in [0.1, 0.15) is 5.82 Å². The van der Waals surface area contributed by atoms with Crippen molar-refractivity contribution in [1.82, 2.24) is 9.55 Å². The Labute approximate surface area is 144 Å². The molecule has 5 heteroatoms. The lowest BCUT2D eigenvalue weighted by molar-refractivity contribution is 0.102. The number of pyridine rings is 1. The van der Waals surface area contributed by atoms with Crippen LogP contribution in [-0.2, 0) is 0 Å². The van der Waals surface area contributed by atoms with Crippen LogP contribution < -0.4 is 0 Å². The maximum Gasteiger partial charge on any atom is 0.174 e. The lowest BCUT2D eigenvalue weighted by Crippen LogP contribution is -2.06. The van der Waals surface area contributed by atoms with E-state index in [9.17, 15) is 9.18 Å². The zero-order chi connectivity index (χ0) is 17.1. The third-order valence-electron chi connectivity index (χ3n) is 3.79. The summed E-state index contributed by atoms with van der Waals surface area (Å²) in [6, 6.07) is 13.9. The molecule has 0 fully saturated rings. The molecule has 0 aliphatic rings. The average molecular weight is 340 g/mol. The number of thioether (sulfide) groups is 1. The van der Waals surface area contributed by atoms with Gasteiger partial charge in [0, 0.05) is 28.8 Å². The normalized spacial score (nSPS) is 10.8. The summed E-state index contributed by atoms with van der Waals surface area (Å²) in [5.74, 6) is 0.0739. The fourth-order valence-electron chi connectivity index (χ4n) is 2.71. The Bertz CT molecular complexity index is 874. The lowest BCUT2D eigenvalue weighted by atomic mass is 10.2. The number of rotatable bonds is 5. The minimum atomic E-state index is -0.293. The molecule has 0 unspecified atom stereocenters. The van der Waals surface area contributed by atoms with E-state index >= 15 is 0 Å². The Hall–Kier alpha value is -2.40. The molecule has 122 valence electrons. The SMILES string of the molecule is Cc1cc(C(=O)CSc2ccccn2)c(C)n1-c1cccc(F)c1. The highest BCUT2D eigenvalue weighted by molar-refractivity contribution is 7.99. The van der Waals surface area contributed by atoms with Crippen molar-refractivity contribution < 1.29 is 9.18 Å². The van der Waals surface area contributed by atoms with E-state index in [0.29, 0.717) is 11.3 Å². The highest BCUT2D eigenvalue weighted by atomic mass is 32.2. The van der Waals surface area contributed by atoms with E-state index < -0.39 is 0 Å². The van der Waals surface area contributed by atoms with Gasteiger partial charge in [-0.05, 0) is 50.2 Å². The first-order valence-electron chi connectivity index (χ1n) is 7.58. The molecule has 3 aromatic rings. The maximum atomic E-state index is 13.5. The van der Waals surface area contributed by atoms with E-state index in [2.05, 4.69) is 4.98 Å². The van der Waals surface area contributed by atoms with Gasteiger partial charge in [-0.2, -0.15) is 0 Å². The highest BCUT2D eigenvalue weighted by Crippen LogP contribution is 2.24. The largest absolute Gasteiger partial charge is 0.318 e. The van der Waals surface area contributed by atoms with Crippen molar-refractivity contribution in [2.24, 2.45) is 0 Å². The number of benzene rings is 1. The summed E-state index contributed by atoms with van der Waals surface area (Å²) >= 11 is 1.42. The van der Waals surface area contributed by atoms with Crippen LogP contribution in [0.15, 0.2) is 59.8 Å². The number of aryl methyl sites for hydroxylation is 1. The van der Waals surface area contributed by atoms with Gasteiger partial charge in [-0.15, -0.1) is 0 Å². The molecule has 2 heterocycles. The van der Waals surface area contributed by atoms with Gasteiger partial charge in [0.25, 0.3) is 0 Å². The monoisotopic (exact) mass is 340 g/mol. The van der Waals surface area contributed by atoms with Gasteiger partial charge in [0.15, 0.2) is 5.78 Å². The van der Waals surface area contributed by atoms with Crippen molar-refractivity contribution in [1.29, 1.82) is 0 Å². The van der Waals surface area contributed by atoms with Crippen LogP contribution in [0.5, 0.6) is 0 Å². The number of nitrogens with zero attached hydrogens (tertiary/aromatic N) is 2. The van der Waals surface area contributed by atoms with Crippen molar-refractivity contribution in [3.63, 3.8) is 0 Å². The molecule has 2 aromatic heterocycles.